The second-order valence-electron chi connectivity index (χ2n) is 6.86. The van der Waals surface area contributed by atoms with E-state index in [9.17, 15) is 19.2 Å². The van der Waals surface area contributed by atoms with Crippen molar-refractivity contribution in [1.29, 1.82) is 0 Å². The van der Waals surface area contributed by atoms with Gasteiger partial charge in [-0.25, -0.2) is 0 Å². The van der Waals surface area contributed by atoms with E-state index < -0.39 is 5.91 Å². The van der Waals surface area contributed by atoms with Crippen molar-refractivity contribution >= 4 is 50.0 Å². The van der Waals surface area contributed by atoms with Gasteiger partial charge in [0.15, 0.2) is 0 Å². The molecule has 2 N–H and O–H groups in total. The highest BCUT2D eigenvalue weighted by molar-refractivity contribution is 6.23. The molecule has 2 aromatic rings. The number of carbonyl (C=O) groups is 6. The topological polar surface area (TPSA) is 133 Å². The highest BCUT2D eigenvalue weighted by Gasteiger charge is 2.02. The van der Waals surface area contributed by atoms with Crippen LogP contribution in [0.1, 0.15) is 11.1 Å². The summed E-state index contributed by atoms with van der Waals surface area (Å²) in [5.41, 5.74) is 4.04. The molecule has 10 heteroatoms. The van der Waals surface area contributed by atoms with Gasteiger partial charge in [-0.15, -0.1) is 0 Å². The van der Waals surface area contributed by atoms with Gasteiger partial charge in [-0.3, -0.25) is 24.1 Å². The minimum absolute atomic E-state index is 0.287. The largest absolute Gasteiger partial charge is 0.378 e. The fourth-order valence-corrected chi connectivity index (χ4v) is 2.58. The van der Waals surface area contributed by atoms with Crippen molar-refractivity contribution < 1.29 is 28.8 Å². The highest BCUT2D eigenvalue weighted by atomic mass is 16.2. The molecule has 0 heterocycles. The molecule has 0 saturated carbocycles. The molecule has 0 fully saturated rings. The van der Waals surface area contributed by atoms with Crippen LogP contribution in [0, 0.1) is 0 Å². The van der Waals surface area contributed by atoms with Crippen LogP contribution in [0.15, 0.2) is 48.5 Å². The van der Waals surface area contributed by atoms with Gasteiger partial charge in [0.25, 0.3) is 5.91 Å². The van der Waals surface area contributed by atoms with Crippen molar-refractivity contribution in [2.24, 2.45) is 0 Å². The fourth-order valence-electron chi connectivity index (χ4n) is 2.58. The van der Waals surface area contributed by atoms with Gasteiger partial charge in [-0.2, -0.15) is 0 Å². The minimum atomic E-state index is -0.565. The Hall–Kier alpha value is -4.18. The van der Waals surface area contributed by atoms with Crippen molar-refractivity contribution in [2.45, 2.75) is 12.8 Å². The normalized spacial score (nSPS) is 8.77. The van der Waals surface area contributed by atoms with Crippen molar-refractivity contribution in [3.8, 4) is 0 Å². The standard InChI is InChI=1S/C12H16N2O2.C11H14N2O2.2CH2O/c1-14(2)11-5-3-10(4-6-11)7-8-13-12(16)9-15;1-12-7-6-10-2-4-11(5-3-10)13(8-14)9-15;2*1-2/h3-6,9H,7-8H2,1-2H3,(H,13,16);2-5,8-9,12H,6-7H2,1H3;2*1H2. The van der Waals surface area contributed by atoms with Crippen LogP contribution in [0.5, 0.6) is 0 Å². The summed E-state index contributed by atoms with van der Waals surface area (Å²) >= 11 is 0. The van der Waals surface area contributed by atoms with E-state index in [0.717, 1.165) is 35.5 Å². The molecule has 2 aromatic carbocycles. The molecule has 0 unspecified atom stereocenters. The zero-order valence-corrected chi connectivity index (χ0v) is 20.4. The molecule has 0 bridgehead atoms. The Bertz CT molecular complexity index is 847. The zero-order chi connectivity index (χ0) is 27.1. The number of hydrogen-bond acceptors (Lipinski definition) is 8. The van der Waals surface area contributed by atoms with Gasteiger partial charge >= 0.3 is 0 Å². The van der Waals surface area contributed by atoms with Gasteiger partial charge in [-0.1, -0.05) is 24.3 Å². The Balaban J connectivity index is 0. The smallest absolute Gasteiger partial charge is 0.284 e. The average molecular weight is 487 g/mol. The Labute approximate surface area is 206 Å². The second kappa shape index (κ2) is 21.7. The first-order chi connectivity index (χ1) is 16.9. The van der Waals surface area contributed by atoms with E-state index >= 15 is 0 Å². The molecule has 35 heavy (non-hydrogen) atoms. The lowest BCUT2D eigenvalue weighted by molar-refractivity contribution is -0.131. The van der Waals surface area contributed by atoms with E-state index in [-0.39, 0.29) is 6.29 Å². The quantitative estimate of drug-likeness (QED) is 0.352. The second-order valence-corrected chi connectivity index (χ2v) is 6.86. The van der Waals surface area contributed by atoms with E-state index in [0.29, 0.717) is 25.1 Å². The van der Waals surface area contributed by atoms with E-state index in [1.807, 2.05) is 76.0 Å². The summed E-state index contributed by atoms with van der Waals surface area (Å²) in [7, 11) is 5.87. The van der Waals surface area contributed by atoms with Crippen LogP contribution in [-0.2, 0) is 41.6 Å². The number of carbonyl (C=O) groups excluding carboxylic acids is 6. The molecule has 0 radical (unpaired) electrons. The lowest BCUT2D eigenvalue weighted by Crippen LogP contribution is -2.26. The summed E-state index contributed by atoms with van der Waals surface area (Å²) in [5.74, 6) is -0.565. The number of imide groups is 1. The highest BCUT2D eigenvalue weighted by Crippen LogP contribution is 2.13. The zero-order valence-electron chi connectivity index (χ0n) is 20.4. The summed E-state index contributed by atoms with van der Waals surface area (Å²) in [6.45, 7) is 5.39. The van der Waals surface area contributed by atoms with Crippen molar-refractivity contribution in [3.05, 3.63) is 59.7 Å². The molecule has 0 atom stereocenters. The molecular formula is C25H34N4O6. The number of rotatable bonds is 11. The van der Waals surface area contributed by atoms with E-state index in [1.54, 1.807) is 12.1 Å². The lowest BCUT2D eigenvalue weighted by Gasteiger charge is -2.12. The molecule has 0 aliphatic carbocycles. The number of nitrogens with one attached hydrogen (secondary N) is 2. The molecule has 2 rings (SSSR count). The molecule has 0 aliphatic heterocycles. The van der Waals surface area contributed by atoms with Crippen molar-refractivity contribution in [3.63, 3.8) is 0 Å². The van der Waals surface area contributed by atoms with Crippen LogP contribution >= 0.6 is 0 Å². The van der Waals surface area contributed by atoms with Gasteiger partial charge < -0.3 is 25.1 Å². The number of anilines is 2. The maximum atomic E-state index is 10.7. The number of benzene rings is 2. The summed E-state index contributed by atoms with van der Waals surface area (Å²) < 4.78 is 0. The Kier molecular flexibility index (Phi) is 20.4. The van der Waals surface area contributed by atoms with Crippen LogP contribution in [-0.4, -0.2) is 72.8 Å². The van der Waals surface area contributed by atoms with Gasteiger partial charge in [0.05, 0.1) is 5.69 Å². The summed E-state index contributed by atoms with van der Waals surface area (Å²) in [6.07, 6.45) is 2.94. The molecule has 0 aliphatic rings. The van der Waals surface area contributed by atoms with Gasteiger partial charge in [0, 0.05) is 26.3 Å². The maximum Gasteiger partial charge on any atom is 0.284 e. The van der Waals surface area contributed by atoms with E-state index in [2.05, 4.69) is 10.6 Å². The first kappa shape index (κ1) is 33.0. The average Bonchev–Trinajstić information content (AvgIpc) is 2.91. The molecule has 0 spiro atoms. The van der Waals surface area contributed by atoms with Crippen LogP contribution in [0.25, 0.3) is 0 Å². The molecule has 0 aromatic heterocycles. The lowest BCUT2D eigenvalue weighted by atomic mass is 10.1. The number of nitrogens with zero attached hydrogens (tertiary/aromatic N) is 2. The summed E-state index contributed by atoms with van der Waals surface area (Å²) in [5, 5.41) is 5.55. The predicted octanol–water partition coefficient (Wildman–Crippen LogP) is 0.808. The minimum Gasteiger partial charge on any atom is -0.378 e. The monoisotopic (exact) mass is 486 g/mol. The Morgan fingerprint density at radius 2 is 1.20 bits per heavy atom. The predicted molar refractivity (Wildman–Crippen MR) is 136 cm³/mol. The third-order valence-electron chi connectivity index (χ3n) is 4.40. The first-order valence-corrected chi connectivity index (χ1v) is 10.4. The van der Waals surface area contributed by atoms with Crippen molar-refractivity contribution in [2.75, 3.05) is 44.0 Å². The Morgan fingerprint density at radius 1 is 0.771 bits per heavy atom. The van der Waals surface area contributed by atoms with Gasteiger partial charge in [0.2, 0.25) is 19.1 Å². The van der Waals surface area contributed by atoms with E-state index in [1.165, 1.54) is 5.56 Å². The third-order valence-corrected chi connectivity index (χ3v) is 4.40. The van der Waals surface area contributed by atoms with Crippen LogP contribution in [0.4, 0.5) is 11.4 Å². The summed E-state index contributed by atoms with van der Waals surface area (Å²) in [4.78, 5) is 60.7. The number of aldehydes is 1. The molecule has 10 nitrogen and oxygen atoms in total. The summed E-state index contributed by atoms with van der Waals surface area (Å²) in [6, 6.07) is 15.4. The van der Waals surface area contributed by atoms with Gasteiger partial charge in [0.1, 0.15) is 13.6 Å². The number of hydrogen-bond donors (Lipinski definition) is 2. The first-order valence-electron chi connectivity index (χ1n) is 10.4. The molecule has 3 amide bonds. The maximum absolute atomic E-state index is 10.7. The van der Waals surface area contributed by atoms with E-state index in [4.69, 9.17) is 9.59 Å². The Morgan fingerprint density at radius 3 is 1.57 bits per heavy atom. The number of likely N-dealkylation sites (N-methyl/N-ethyl adjacent to an activating group) is 1. The fraction of sp³-hybridized carbons (Fsp3) is 0.280. The SMILES string of the molecule is C=O.C=O.CN(C)c1ccc(CCNC(=O)C=O)cc1.CNCCc1ccc(N(C=O)C=O)cc1. The van der Waals surface area contributed by atoms with Crippen LogP contribution in [0.3, 0.4) is 0 Å². The number of amides is 3. The van der Waals surface area contributed by atoms with Crippen LogP contribution in [0.2, 0.25) is 0 Å². The van der Waals surface area contributed by atoms with Crippen LogP contribution < -0.4 is 20.4 Å². The van der Waals surface area contributed by atoms with Crippen molar-refractivity contribution in [1.82, 2.24) is 10.6 Å². The van der Waals surface area contributed by atoms with Gasteiger partial charge in [-0.05, 0) is 61.8 Å². The molecule has 190 valence electrons. The molecular weight excluding hydrogens is 452 g/mol. The molecule has 0 saturated heterocycles. The third kappa shape index (κ3) is 14.6.